The smallest absolute Gasteiger partial charge is 0.334 e. The molecule has 1 aliphatic carbocycles. The van der Waals surface area contributed by atoms with Crippen LogP contribution in [0.15, 0.2) is 23.0 Å². The van der Waals surface area contributed by atoms with Crippen LogP contribution in [0.25, 0.3) is 11.5 Å². The topological polar surface area (TPSA) is 77.8 Å². The molecule has 0 atom stereocenters. The summed E-state index contributed by atoms with van der Waals surface area (Å²) in [6.07, 6.45) is -0.0365. The molecular formula is C12H11F3N4O. The van der Waals surface area contributed by atoms with Gasteiger partial charge in [0.2, 0.25) is 0 Å². The standard InChI is InChI=1S/C12H11F3N4O/c13-12(14,15)8-2-5-17-6-7(8)9-18-10(19-20-9)11(16)3-1-4-11/h2,5-6H,1,3-4,16H2. The van der Waals surface area contributed by atoms with E-state index in [0.717, 1.165) is 24.9 Å². The Bertz CT molecular complexity index is 634. The Balaban J connectivity index is 2.02. The van der Waals surface area contributed by atoms with Crippen LogP contribution in [-0.4, -0.2) is 15.1 Å². The number of aromatic nitrogens is 3. The van der Waals surface area contributed by atoms with Crippen LogP contribution >= 0.6 is 0 Å². The zero-order valence-corrected chi connectivity index (χ0v) is 10.3. The van der Waals surface area contributed by atoms with E-state index in [2.05, 4.69) is 15.1 Å². The number of nitrogens with zero attached hydrogens (tertiary/aromatic N) is 3. The van der Waals surface area contributed by atoms with Crippen molar-refractivity contribution >= 4 is 0 Å². The molecule has 2 aromatic heterocycles. The van der Waals surface area contributed by atoms with Crippen molar-refractivity contribution in [3.8, 4) is 11.5 Å². The van der Waals surface area contributed by atoms with Crippen molar-refractivity contribution in [3.63, 3.8) is 0 Å². The largest absolute Gasteiger partial charge is 0.417 e. The lowest BCUT2D eigenvalue weighted by Crippen LogP contribution is -2.44. The maximum absolute atomic E-state index is 12.9. The van der Waals surface area contributed by atoms with Gasteiger partial charge in [0.1, 0.15) is 0 Å². The molecule has 5 nitrogen and oxygen atoms in total. The lowest BCUT2D eigenvalue weighted by atomic mass is 9.77. The van der Waals surface area contributed by atoms with Gasteiger partial charge in [0.05, 0.1) is 16.7 Å². The summed E-state index contributed by atoms with van der Waals surface area (Å²) < 4.78 is 43.7. The molecule has 0 aliphatic heterocycles. The Hall–Kier alpha value is -1.96. The van der Waals surface area contributed by atoms with Crippen molar-refractivity contribution in [1.82, 2.24) is 15.1 Å². The fourth-order valence-electron chi connectivity index (χ4n) is 2.13. The Labute approximate surface area is 112 Å². The molecule has 0 spiro atoms. The van der Waals surface area contributed by atoms with Gasteiger partial charge in [-0.05, 0) is 25.3 Å². The molecule has 2 N–H and O–H groups in total. The number of alkyl halides is 3. The van der Waals surface area contributed by atoms with Gasteiger partial charge < -0.3 is 10.3 Å². The van der Waals surface area contributed by atoms with E-state index >= 15 is 0 Å². The summed E-state index contributed by atoms with van der Waals surface area (Å²) in [6, 6.07) is 0.876. The number of nitrogens with two attached hydrogens (primary N) is 1. The normalized spacial score (nSPS) is 17.8. The van der Waals surface area contributed by atoms with Gasteiger partial charge >= 0.3 is 6.18 Å². The van der Waals surface area contributed by atoms with E-state index in [0.29, 0.717) is 12.8 Å². The van der Waals surface area contributed by atoms with Crippen molar-refractivity contribution in [1.29, 1.82) is 0 Å². The molecule has 106 valence electrons. The van der Waals surface area contributed by atoms with Gasteiger partial charge in [-0.2, -0.15) is 18.2 Å². The van der Waals surface area contributed by atoms with Crippen LogP contribution in [0, 0.1) is 0 Å². The van der Waals surface area contributed by atoms with Crippen LogP contribution in [0.2, 0.25) is 0 Å². The highest BCUT2D eigenvalue weighted by Gasteiger charge is 2.40. The fourth-order valence-corrected chi connectivity index (χ4v) is 2.13. The molecule has 8 heteroatoms. The van der Waals surface area contributed by atoms with E-state index in [1.54, 1.807) is 0 Å². The van der Waals surface area contributed by atoms with Gasteiger partial charge in [-0.15, -0.1) is 0 Å². The highest BCUT2D eigenvalue weighted by atomic mass is 19.4. The summed E-state index contributed by atoms with van der Waals surface area (Å²) in [4.78, 5) is 7.69. The fraction of sp³-hybridized carbons (Fsp3) is 0.417. The van der Waals surface area contributed by atoms with Gasteiger partial charge in [-0.3, -0.25) is 4.98 Å². The number of pyridine rings is 1. The Morgan fingerprint density at radius 1 is 1.30 bits per heavy atom. The lowest BCUT2D eigenvalue weighted by Gasteiger charge is -2.34. The maximum atomic E-state index is 12.9. The van der Waals surface area contributed by atoms with Gasteiger partial charge in [-0.1, -0.05) is 5.16 Å². The van der Waals surface area contributed by atoms with Gasteiger partial charge in [0, 0.05) is 12.4 Å². The van der Waals surface area contributed by atoms with Crippen LogP contribution in [0.5, 0.6) is 0 Å². The van der Waals surface area contributed by atoms with Crippen LogP contribution in [0.4, 0.5) is 13.2 Å². The Morgan fingerprint density at radius 3 is 2.65 bits per heavy atom. The quantitative estimate of drug-likeness (QED) is 0.916. The molecule has 1 aliphatic rings. The first-order valence-corrected chi connectivity index (χ1v) is 6.05. The highest BCUT2D eigenvalue weighted by molar-refractivity contribution is 5.58. The number of halogens is 3. The van der Waals surface area contributed by atoms with Crippen LogP contribution < -0.4 is 5.73 Å². The van der Waals surface area contributed by atoms with Crippen molar-refractivity contribution in [2.24, 2.45) is 5.73 Å². The molecule has 2 aromatic rings. The van der Waals surface area contributed by atoms with E-state index in [9.17, 15) is 13.2 Å². The van der Waals surface area contributed by atoms with Gasteiger partial charge in [-0.25, -0.2) is 0 Å². The number of hydrogen-bond acceptors (Lipinski definition) is 5. The molecule has 0 amide bonds. The summed E-state index contributed by atoms with van der Waals surface area (Å²) in [7, 11) is 0. The molecule has 0 aromatic carbocycles. The average molecular weight is 284 g/mol. The van der Waals surface area contributed by atoms with Crippen LogP contribution in [-0.2, 0) is 11.7 Å². The first-order valence-electron chi connectivity index (χ1n) is 6.05. The zero-order chi connectivity index (χ0) is 14.4. The van der Waals surface area contributed by atoms with Gasteiger partial charge in [0.25, 0.3) is 5.89 Å². The van der Waals surface area contributed by atoms with E-state index < -0.39 is 17.3 Å². The minimum atomic E-state index is -4.51. The highest BCUT2D eigenvalue weighted by Crippen LogP contribution is 2.39. The number of rotatable bonds is 2. The number of hydrogen-bond donors (Lipinski definition) is 1. The van der Waals surface area contributed by atoms with Crippen LogP contribution in [0.1, 0.15) is 30.7 Å². The van der Waals surface area contributed by atoms with Crippen molar-refractivity contribution in [2.75, 3.05) is 0 Å². The monoisotopic (exact) mass is 284 g/mol. The third-order valence-electron chi connectivity index (χ3n) is 3.47. The second kappa shape index (κ2) is 4.27. The first-order chi connectivity index (χ1) is 9.40. The minimum absolute atomic E-state index is 0.211. The molecule has 2 heterocycles. The van der Waals surface area contributed by atoms with Crippen molar-refractivity contribution in [2.45, 2.75) is 31.0 Å². The van der Waals surface area contributed by atoms with Crippen LogP contribution in [0.3, 0.4) is 0 Å². The van der Waals surface area contributed by atoms with E-state index in [-0.39, 0.29) is 17.3 Å². The summed E-state index contributed by atoms with van der Waals surface area (Å²) in [5.41, 5.74) is 4.24. The SMILES string of the molecule is NC1(c2noc(-c3cnccc3C(F)(F)F)n2)CCC1. The van der Waals surface area contributed by atoms with E-state index in [1.807, 2.05) is 0 Å². The molecule has 0 radical (unpaired) electrons. The molecule has 0 saturated heterocycles. The molecule has 3 rings (SSSR count). The van der Waals surface area contributed by atoms with Crippen molar-refractivity contribution in [3.05, 3.63) is 29.8 Å². The first kappa shape index (κ1) is 13.0. The second-order valence-electron chi connectivity index (χ2n) is 4.85. The molecule has 1 fully saturated rings. The third kappa shape index (κ3) is 2.05. The Kier molecular flexibility index (Phi) is 2.79. The molecular weight excluding hydrogens is 273 g/mol. The molecule has 20 heavy (non-hydrogen) atoms. The third-order valence-corrected chi connectivity index (χ3v) is 3.47. The lowest BCUT2D eigenvalue weighted by molar-refractivity contribution is -0.137. The summed E-state index contributed by atoms with van der Waals surface area (Å²) in [5, 5.41) is 3.70. The molecule has 1 saturated carbocycles. The Morgan fingerprint density at radius 2 is 2.05 bits per heavy atom. The summed E-state index contributed by atoms with van der Waals surface area (Å²) in [5.74, 6) is 0.0351. The molecule has 0 bridgehead atoms. The van der Waals surface area contributed by atoms with E-state index in [1.165, 1.54) is 0 Å². The summed E-state index contributed by atoms with van der Waals surface area (Å²) in [6.45, 7) is 0. The minimum Gasteiger partial charge on any atom is -0.334 e. The van der Waals surface area contributed by atoms with Crippen molar-refractivity contribution < 1.29 is 17.7 Å². The van der Waals surface area contributed by atoms with E-state index in [4.69, 9.17) is 10.3 Å². The predicted molar refractivity (Wildman–Crippen MR) is 62.2 cm³/mol. The van der Waals surface area contributed by atoms with Gasteiger partial charge in [0.15, 0.2) is 5.82 Å². The molecule has 0 unspecified atom stereocenters. The summed E-state index contributed by atoms with van der Waals surface area (Å²) >= 11 is 0. The second-order valence-corrected chi connectivity index (χ2v) is 4.85. The average Bonchev–Trinajstić information content (AvgIpc) is 2.84. The maximum Gasteiger partial charge on any atom is 0.417 e. The predicted octanol–water partition coefficient (Wildman–Crippen LogP) is 2.49. The zero-order valence-electron chi connectivity index (χ0n) is 10.3.